The highest BCUT2D eigenvalue weighted by Gasteiger charge is 2.22. The van der Waals surface area contributed by atoms with E-state index in [1.165, 1.54) is 11.8 Å². The molecule has 90 valence electrons. The van der Waals surface area contributed by atoms with Gasteiger partial charge in [-0.2, -0.15) is 0 Å². The number of carbonyl (C=O) groups is 1. The van der Waals surface area contributed by atoms with E-state index in [1.54, 1.807) is 13.0 Å². The van der Waals surface area contributed by atoms with E-state index in [2.05, 4.69) is 5.32 Å². The van der Waals surface area contributed by atoms with Crippen molar-refractivity contribution in [2.24, 2.45) is 0 Å². The Kier molecular flexibility index (Phi) is 3.64. The number of allylic oxidation sites excluding steroid dienone is 1. The Morgan fingerprint density at radius 3 is 3.00 bits per heavy atom. The van der Waals surface area contributed by atoms with Crippen molar-refractivity contribution in [3.8, 4) is 0 Å². The van der Waals surface area contributed by atoms with Crippen molar-refractivity contribution in [2.45, 2.75) is 18.7 Å². The fraction of sp³-hybridized carbons (Fsp3) is 0.250. The predicted molar refractivity (Wildman–Crippen MR) is 70.3 cm³/mol. The highest BCUT2D eigenvalue weighted by atomic mass is 35.5. The van der Waals surface area contributed by atoms with Crippen LogP contribution in [0, 0.1) is 0 Å². The van der Waals surface area contributed by atoms with Gasteiger partial charge in [0.2, 0.25) is 0 Å². The number of carbonyl (C=O) groups excluding carboxylic acids is 1. The minimum atomic E-state index is -0.289. The molecule has 0 bridgehead atoms. The molecular formula is C12H12ClNO2S. The number of benzene rings is 1. The van der Waals surface area contributed by atoms with Crippen LogP contribution in [0.15, 0.2) is 33.7 Å². The molecule has 5 heteroatoms. The minimum Gasteiger partial charge on any atom is -0.462 e. The van der Waals surface area contributed by atoms with Crippen molar-refractivity contribution >= 4 is 35.0 Å². The molecule has 1 N–H and O–H groups in total. The van der Waals surface area contributed by atoms with Crippen LogP contribution < -0.4 is 5.32 Å². The first-order valence-corrected chi connectivity index (χ1v) is 6.43. The largest absolute Gasteiger partial charge is 0.462 e. The molecule has 1 heterocycles. The van der Waals surface area contributed by atoms with Gasteiger partial charge >= 0.3 is 5.97 Å². The summed E-state index contributed by atoms with van der Waals surface area (Å²) in [5.41, 5.74) is 1.72. The van der Waals surface area contributed by atoms with Crippen LogP contribution in [-0.4, -0.2) is 12.6 Å². The zero-order chi connectivity index (χ0) is 12.4. The van der Waals surface area contributed by atoms with Gasteiger partial charge in [0, 0.05) is 15.6 Å². The number of esters is 1. The van der Waals surface area contributed by atoms with Crippen molar-refractivity contribution in [3.05, 3.63) is 33.8 Å². The standard InChI is InChI=1S/C12H12ClNO2S/c1-3-16-12(15)11-7(2)14-9-6-8(13)4-5-10(9)17-11/h4-6,14H,3H2,1-2H3. The normalized spacial score (nSPS) is 14.1. The Balaban J connectivity index is 2.29. The highest BCUT2D eigenvalue weighted by molar-refractivity contribution is 8.04. The average Bonchev–Trinajstić information content (AvgIpc) is 2.28. The molecule has 0 saturated carbocycles. The molecule has 0 aromatic heterocycles. The monoisotopic (exact) mass is 269 g/mol. The molecule has 0 fully saturated rings. The third-order valence-corrected chi connectivity index (χ3v) is 3.77. The second-order valence-electron chi connectivity index (χ2n) is 3.54. The third kappa shape index (κ3) is 2.58. The van der Waals surface area contributed by atoms with Crippen LogP contribution in [0.5, 0.6) is 0 Å². The summed E-state index contributed by atoms with van der Waals surface area (Å²) in [5, 5.41) is 3.83. The minimum absolute atomic E-state index is 0.289. The van der Waals surface area contributed by atoms with Gasteiger partial charge in [-0.15, -0.1) is 0 Å². The third-order valence-electron chi connectivity index (χ3n) is 2.28. The maximum Gasteiger partial charge on any atom is 0.346 e. The molecule has 1 aliphatic rings. The van der Waals surface area contributed by atoms with Crippen molar-refractivity contribution in [1.82, 2.24) is 0 Å². The van der Waals surface area contributed by atoms with Gasteiger partial charge in [-0.1, -0.05) is 23.4 Å². The van der Waals surface area contributed by atoms with Gasteiger partial charge in [-0.3, -0.25) is 0 Å². The summed E-state index contributed by atoms with van der Waals surface area (Å²) in [5.74, 6) is -0.289. The van der Waals surface area contributed by atoms with Gasteiger partial charge in [0.15, 0.2) is 0 Å². The van der Waals surface area contributed by atoms with Crippen LogP contribution in [0.4, 0.5) is 5.69 Å². The van der Waals surface area contributed by atoms with Crippen LogP contribution in [0.2, 0.25) is 5.02 Å². The molecule has 0 aliphatic carbocycles. The highest BCUT2D eigenvalue weighted by Crippen LogP contribution is 2.41. The van der Waals surface area contributed by atoms with E-state index in [-0.39, 0.29) is 5.97 Å². The van der Waals surface area contributed by atoms with E-state index in [0.717, 1.165) is 16.3 Å². The van der Waals surface area contributed by atoms with Gasteiger partial charge in [-0.05, 0) is 32.0 Å². The lowest BCUT2D eigenvalue weighted by atomic mass is 10.3. The Labute approximate surface area is 109 Å². The lowest BCUT2D eigenvalue weighted by Gasteiger charge is -2.21. The molecule has 1 aromatic carbocycles. The number of hydrogen-bond donors (Lipinski definition) is 1. The first-order valence-electron chi connectivity index (χ1n) is 5.24. The average molecular weight is 270 g/mol. The zero-order valence-electron chi connectivity index (χ0n) is 9.54. The number of halogens is 1. The first-order chi connectivity index (χ1) is 8.11. The topological polar surface area (TPSA) is 38.3 Å². The summed E-state index contributed by atoms with van der Waals surface area (Å²) >= 11 is 7.32. The maximum absolute atomic E-state index is 11.7. The second-order valence-corrected chi connectivity index (χ2v) is 5.03. The molecule has 0 unspecified atom stereocenters. The fourth-order valence-electron chi connectivity index (χ4n) is 1.53. The van der Waals surface area contributed by atoms with E-state index >= 15 is 0 Å². The van der Waals surface area contributed by atoms with Crippen LogP contribution in [-0.2, 0) is 9.53 Å². The number of rotatable bonds is 2. The first kappa shape index (κ1) is 12.3. The number of nitrogens with one attached hydrogen (secondary N) is 1. The van der Waals surface area contributed by atoms with Gasteiger partial charge in [-0.25, -0.2) is 4.79 Å². The fourth-order valence-corrected chi connectivity index (χ4v) is 2.62. The second kappa shape index (κ2) is 5.02. The molecule has 17 heavy (non-hydrogen) atoms. The maximum atomic E-state index is 11.7. The van der Waals surface area contributed by atoms with Crippen molar-refractivity contribution < 1.29 is 9.53 Å². The molecule has 0 amide bonds. The lowest BCUT2D eigenvalue weighted by Crippen LogP contribution is -2.14. The van der Waals surface area contributed by atoms with Gasteiger partial charge in [0.25, 0.3) is 0 Å². The number of thioether (sulfide) groups is 1. The molecule has 0 radical (unpaired) electrons. The van der Waals surface area contributed by atoms with E-state index in [1.807, 2.05) is 19.1 Å². The van der Waals surface area contributed by atoms with Crippen molar-refractivity contribution in [2.75, 3.05) is 11.9 Å². The van der Waals surface area contributed by atoms with Gasteiger partial charge < -0.3 is 10.1 Å². The molecule has 0 atom stereocenters. The Bertz CT molecular complexity index is 499. The van der Waals surface area contributed by atoms with Gasteiger partial charge in [0.05, 0.1) is 12.3 Å². The van der Waals surface area contributed by atoms with Crippen molar-refractivity contribution in [3.63, 3.8) is 0 Å². The summed E-state index contributed by atoms with van der Waals surface area (Å²) in [6.45, 7) is 4.02. The molecule has 3 nitrogen and oxygen atoms in total. The zero-order valence-corrected chi connectivity index (χ0v) is 11.1. The van der Waals surface area contributed by atoms with Gasteiger partial charge in [0.1, 0.15) is 4.91 Å². The number of hydrogen-bond acceptors (Lipinski definition) is 4. The van der Waals surface area contributed by atoms with Crippen molar-refractivity contribution in [1.29, 1.82) is 0 Å². The van der Waals surface area contributed by atoms with Crippen LogP contribution in [0.3, 0.4) is 0 Å². The summed E-state index contributed by atoms with van der Waals surface area (Å²) < 4.78 is 5.01. The van der Waals surface area contributed by atoms with E-state index in [4.69, 9.17) is 16.3 Å². The summed E-state index contributed by atoms with van der Waals surface area (Å²) in [6, 6.07) is 5.54. The Morgan fingerprint density at radius 1 is 1.53 bits per heavy atom. The Morgan fingerprint density at radius 2 is 2.29 bits per heavy atom. The number of fused-ring (bicyclic) bond motifs is 1. The SMILES string of the molecule is CCOC(=O)C1=C(C)Nc2cc(Cl)ccc2S1. The number of anilines is 1. The van der Waals surface area contributed by atoms with Crippen LogP contribution >= 0.6 is 23.4 Å². The summed E-state index contributed by atoms with van der Waals surface area (Å²) in [6.07, 6.45) is 0. The molecule has 0 saturated heterocycles. The lowest BCUT2D eigenvalue weighted by molar-refractivity contribution is -0.137. The van der Waals surface area contributed by atoms with E-state index in [0.29, 0.717) is 16.5 Å². The molecule has 1 aliphatic heterocycles. The van der Waals surface area contributed by atoms with Crippen LogP contribution in [0.1, 0.15) is 13.8 Å². The molecular weight excluding hydrogens is 258 g/mol. The molecule has 1 aromatic rings. The quantitative estimate of drug-likeness (QED) is 0.832. The van der Waals surface area contributed by atoms with Crippen LogP contribution in [0.25, 0.3) is 0 Å². The molecule has 2 rings (SSSR count). The molecule has 0 spiro atoms. The van der Waals surface area contributed by atoms with E-state index < -0.39 is 0 Å². The van der Waals surface area contributed by atoms with E-state index in [9.17, 15) is 4.79 Å². The number of ether oxygens (including phenoxy) is 1. The predicted octanol–water partition coefficient (Wildman–Crippen LogP) is 3.65. The summed E-state index contributed by atoms with van der Waals surface area (Å²) in [4.78, 5) is 13.3. The smallest absolute Gasteiger partial charge is 0.346 e. The Hall–Kier alpha value is -1.13. The summed E-state index contributed by atoms with van der Waals surface area (Å²) in [7, 11) is 0.